The maximum absolute atomic E-state index is 15.3. The molecule has 1 aromatic carbocycles. The first-order valence-electron chi connectivity index (χ1n) is 10.4. The number of piperidine rings is 1. The van der Waals surface area contributed by atoms with Gasteiger partial charge in [0, 0.05) is 19.5 Å². The van der Waals surface area contributed by atoms with E-state index in [1.165, 1.54) is 25.1 Å². The number of nitrogens with zero attached hydrogens (tertiary/aromatic N) is 1. The first kappa shape index (κ1) is 23.1. The number of halogens is 2. The zero-order valence-electron chi connectivity index (χ0n) is 17.4. The van der Waals surface area contributed by atoms with Gasteiger partial charge in [-0.25, -0.2) is 21.9 Å². The third-order valence-corrected chi connectivity index (χ3v) is 6.85. The minimum Gasteiger partial charge on any atom is -0.376 e. The second-order valence-electron chi connectivity index (χ2n) is 8.43. The molecule has 2 fully saturated rings. The van der Waals surface area contributed by atoms with Gasteiger partial charge in [0.15, 0.2) is 0 Å². The molecule has 1 saturated carbocycles. The number of sulfonamides is 1. The number of ether oxygens (including phenoxy) is 1. The van der Waals surface area contributed by atoms with Gasteiger partial charge >= 0.3 is 0 Å². The fraction of sp³-hybridized carbons (Fsp3) is 0.667. The van der Waals surface area contributed by atoms with Crippen LogP contribution in [0.5, 0.6) is 0 Å². The van der Waals surface area contributed by atoms with Crippen molar-refractivity contribution in [3.63, 3.8) is 0 Å². The molecule has 168 valence electrons. The number of alkyl halides is 1. The molecule has 1 aliphatic carbocycles. The molecule has 6 nitrogen and oxygen atoms in total. The third-order valence-electron chi connectivity index (χ3n) is 6.12. The first-order chi connectivity index (χ1) is 14.1. The van der Waals surface area contributed by atoms with E-state index in [-0.39, 0.29) is 31.5 Å². The number of nitrogens with one attached hydrogen (secondary N) is 1. The highest BCUT2D eigenvalue weighted by atomic mass is 32.2. The Balaban J connectivity index is 1.61. The maximum atomic E-state index is 15.3. The van der Waals surface area contributed by atoms with Gasteiger partial charge in [-0.15, -0.1) is 0 Å². The average Bonchev–Trinajstić information content (AvgIpc) is 2.67. The molecule has 1 N–H and O–H groups in total. The Hall–Kier alpha value is -1.58. The molecule has 1 amide bonds. The molecule has 30 heavy (non-hydrogen) atoms. The Bertz CT molecular complexity index is 856. The van der Waals surface area contributed by atoms with Crippen molar-refractivity contribution in [1.29, 1.82) is 0 Å². The van der Waals surface area contributed by atoms with Gasteiger partial charge in [0.05, 0.1) is 25.0 Å². The topological polar surface area (TPSA) is 75.7 Å². The monoisotopic (exact) mass is 444 g/mol. The predicted molar refractivity (Wildman–Crippen MR) is 110 cm³/mol. The summed E-state index contributed by atoms with van der Waals surface area (Å²) >= 11 is 0. The lowest BCUT2D eigenvalue weighted by molar-refractivity contribution is -0.136. The van der Waals surface area contributed by atoms with Crippen molar-refractivity contribution in [3.05, 3.63) is 35.6 Å². The number of rotatable bonds is 6. The molecule has 0 unspecified atom stereocenters. The highest BCUT2D eigenvalue weighted by Gasteiger charge is 2.39. The van der Waals surface area contributed by atoms with Gasteiger partial charge in [0.25, 0.3) is 0 Å². The van der Waals surface area contributed by atoms with E-state index in [2.05, 4.69) is 4.72 Å². The number of hydrogen-bond acceptors (Lipinski definition) is 4. The number of hydrogen-bond donors (Lipinski definition) is 1. The molecule has 2 atom stereocenters. The van der Waals surface area contributed by atoms with E-state index in [1.54, 1.807) is 11.0 Å². The highest BCUT2D eigenvalue weighted by molar-refractivity contribution is 7.88. The molecule has 0 spiro atoms. The van der Waals surface area contributed by atoms with Crippen molar-refractivity contribution in [2.24, 2.45) is 0 Å². The van der Waals surface area contributed by atoms with E-state index in [0.717, 1.165) is 6.26 Å². The maximum Gasteiger partial charge on any atom is 0.219 e. The zero-order valence-corrected chi connectivity index (χ0v) is 18.3. The lowest BCUT2D eigenvalue weighted by Gasteiger charge is -2.42. The molecule has 1 aromatic rings. The van der Waals surface area contributed by atoms with Gasteiger partial charge < -0.3 is 9.64 Å². The van der Waals surface area contributed by atoms with Crippen LogP contribution in [0, 0.1) is 5.82 Å². The summed E-state index contributed by atoms with van der Waals surface area (Å²) < 4.78 is 60.9. The number of carbonyl (C=O) groups excluding carboxylic acids is 1. The number of carbonyl (C=O) groups is 1. The highest BCUT2D eigenvalue weighted by Crippen LogP contribution is 2.41. The molecular formula is C21H30F2N2O4S. The van der Waals surface area contributed by atoms with E-state index in [0.29, 0.717) is 37.8 Å². The quantitative estimate of drug-likeness (QED) is 0.732. The van der Waals surface area contributed by atoms with E-state index < -0.39 is 33.6 Å². The molecule has 1 heterocycles. The summed E-state index contributed by atoms with van der Waals surface area (Å²) in [5.41, 5.74) is -1.22. The summed E-state index contributed by atoms with van der Waals surface area (Å²) in [6, 6.07) is 4.87. The molecule has 3 rings (SSSR count). The predicted octanol–water partition coefficient (Wildman–Crippen LogP) is 2.88. The van der Waals surface area contributed by atoms with Gasteiger partial charge in [0.1, 0.15) is 11.5 Å². The minimum atomic E-state index is -3.42. The summed E-state index contributed by atoms with van der Waals surface area (Å²) in [5, 5.41) is 0. The van der Waals surface area contributed by atoms with E-state index in [1.807, 2.05) is 0 Å². The van der Waals surface area contributed by atoms with Crippen molar-refractivity contribution in [2.45, 2.75) is 69.3 Å². The Morgan fingerprint density at radius 2 is 2.00 bits per heavy atom. The van der Waals surface area contributed by atoms with Crippen molar-refractivity contribution in [2.75, 3.05) is 19.4 Å². The third kappa shape index (κ3) is 5.76. The van der Waals surface area contributed by atoms with Crippen LogP contribution in [0.15, 0.2) is 24.3 Å². The summed E-state index contributed by atoms with van der Waals surface area (Å²) in [4.78, 5) is 13.7. The van der Waals surface area contributed by atoms with Gasteiger partial charge in [-0.1, -0.05) is 12.1 Å². The largest absolute Gasteiger partial charge is 0.376 e. The van der Waals surface area contributed by atoms with Crippen LogP contribution in [-0.4, -0.2) is 56.8 Å². The van der Waals surface area contributed by atoms with Crippen LogP contribution in [-0.2, 0) is 25.2 Å². The zero-order chi connectivity index (χ0) is 21.9. The number of benzene rings is 1. The van der Waals surface area contributed by atoms with Crippen LogP contribution in [0.1, 0.15) is 51.0 Å². The van der Waals surface area contributed by atoms with Crippen molar-refractivity contribution >= 4 is 15.9 Å². The van der Waals surface area contributed by atoms with Crippen molar-refractivity contribution in [1.82, 2.24) is 9.62 Å². The van der Waals surface area contributed by atoms with Crippen molar-refractivity contribution in [3.8, 4) is 0 Å². The van der Waals surface area contributed by atoms with E-state index >= 15 is 4.39 Å². The van der Waals surface area contributed by atoms with E-state index in [4.69, 9.17) is 4.74 Å². The molecule has 0 radical (unpaired) electrons. The fourth-order valence-electron chi connectivity index (χ4n) is 4.57. The molecule has 9 heteroatoms. The van der Waals surface area contributed by atoms with Crippen LogP contribution in [0.2, 0.25) is 0 Å². The smallest absolute Gasteiger partial charge is 0.219 e. The van der Waals surface area contributed by atoms with Crippen LogP contribution >= 0.6 is 0 Å². The lowest BCUT2D eigenvalue weighted by Crippen LogP contribution is -2.58. The van der Waals surface area contributed by atoms with Gasteiger partial charge in [0.2, 0.25) is 15.9 Å². The molecule has 1 aliphatic heterocycles. The van der Waals surface area contributed by atoms with Gasteiger partial charge in [-0.05, 0) is 56.2 Å². The molecule has 2 aliphatic rings. The van der Waals surface area contributed by atoms with Crippen LogP contribution in [0.4, 0.5) is 8.78 Å². The van der Waals surface area contributed by atoms with Crippen LogP contribution in [0.3, 0.4) is 0 Å². The minimum absolute atomic E-state index is 0.124. The Kier molecular flexibility index (Phi) is 7.14. The summed E-state index contributed by atoms with van der Waals surface area (Å²) in [7, 11) is -3.42. The SMILES string of the molecule is CC(=O)N1CCC[C@H](NS(C)(=O)=O)[C@@H]1COC1CCC(F)(c2cccc(F)c2)CC1. The van der Waals surface area contributed by atoms with Gasteiger partial charge in [-0.2, -0.15) is 0 Å². The lowest BCUT2D eigenvalue weighted by atomic mass is 9.80. The molecular weight excluding hydrogens is 414 g/mol. The fourth-order valence-corrected chi connectivity index (χ4v) is 5.40. The molecule has 1 saturated heterocycles. The first-order valence-corrected chi connectivity index (χ1v) is 12.3. The normalized spacial score (nSPS) is 30.3. The standard InChI is InChI=1S/C21H30F2N2O4S/c1-15(26)25-12-4-7-19(24-30(2,27)28)20(25)14-29-18-8-10-21(23,11-9-18)16-5-3-6-17(22)13-16/h3,5-6,13,18-20,24H,4,7-12,14H2,1-2H3/t18?,19-,20-,21?/m0/s1. The van der Waals surface area contributed by atoms with Crippen LogP contribution < -0.4 is 4.72 Å². The Labute approximate surface area is 177 Å². The number of amides is 1. The van der Waals surface area contributed by atoms with Gasteiger partial charge in [-0.3, -0.25) is 4.79 Å². The molecule has 0 bridgehead atoms. The average molecular weight is 445 g/mol. The second kappa shape index (κ2) is 9.28. The van der Waals surface area contributed by atoms with Crippen molar-refractivity contribution < 1.29 is 26.7 Å². The second-order valence-corrected chi connectivity index (χ2v) is 10.2. The number of likely N-dealkylation sites (tertiary alicyclic amines) is 1. The summed E-state index contributed by atoms with van der Waals surface area (Å²) in [6.45, 7) is 2.21. The molecule has 0 aromatic heterocycles. The summed E-state index contributed by atoms with van der Waals surface area (Å²) in [6.07, 6.45) is 3.67. The van der Waals surface area contributed by atoms with Crippen LogP contribution in [0.25, 0.3) is 0 Å². The Morgan fingerprint density at radius 3 is 2.60 bits per heavy atom. The van der Waals surface area contributed by atoms with E-state index in [9.17, 15) is 17.6 Å². The summed E-state index contributed by atoms with van der Waals surface area (Å²) in [5.74, 6) is -0.574. The Morgan fingerprint density at radius 1 is 1.30 bits per heavy atom.